The van der Waals surface area contributed by atoms with Crippen molar-refractivity contribution < 1.29 is 18.1 Å². The topological polar surface area (TPSA) is 83.8 Å². The third-order valence-electron chi connectivity index (χ3n) is 4.36. The van der Waals surface area contributed by atoms with Crippen LogP contribution in [0.25, 0.3) is 10.9 Å². The highest BCUT2D eigenvalue weighted by Crippen LogP contribution is 2.22. The molecular weight excluding hydrogens is 402 g/mol. The van der Waals surface area contributed by atoms with Crippen LogP contribution in [0.5, 0.6) is 0 Å². The molecule has 4 rings (SSSR count). The minimum atomic E-state index is -0.698. The Morgan fingerprint density at radius 1 is 1.17 bits per heavy atom. The summed E-state index contributed by atoms with van der Waals surface area (Å²) in [6, 6.07) is 8.67. The van der Waals surface area contributed by atoms with Gasteiger partial charge in [0.05, 0.1) is 6.42 Å². The Bertz CT molecular complexity index is 1170. The van der Waals surface area contributed by atoms with Crippen molar-refractivity contribution in [2.45, 2.75) is 12.8 Å². The average Bonchev–Trinajstić information content (AvgIpc) is 3.28. The van der Waals surface area contributed by atoms with Crippen LogP contribution in [0.4, 0.5) is 8.78 Å². The van der Waals surface area contributed by atoms with Gasteiger partial charge in [-0.1, -0.05) is 16.8 Å². The van der Waals surface area contributed by atoms with Gasteiger partial charge < -0.3 is 14.8 Å². The molecule has 0 spiro atoms. The van der Waals surface area contributed by atoms with E-state index in [2.05, 4.69) is 20.4 Å². The molecule has 2 aromatic heterocycles. The van der Waals surface area contributed by atoms with Crippen LogP contribution >= 0.6 is 11.6 Å². The van der Waals surface area contributed by atoms with E-state index >= 15 is 0 Å². The lowest BCUT2D eigenvalue weighted by Gasteiger charge is -2.02. The molecule has 0 saturated carbocycles. The van der Waals surface area contributed by atoms with E-state index in [9.17, 15) is 13.6 Å². The van der Waals surface area contributed by atoms with Crippen LogP contribution in [0.1, 0.15) is 27.6 Å². The molecule has 0 aliphatic rings. The molecule has 0 fully saturated rings. The van der Waals surface area contributed by atoms with E-state index in [1.165, 1.54) is 12.1 Å². The summed E-state index contributed by atoms with van der Waals surface area (Å²) in [5.74, 6) is -1.94. The number of fused-ring (bicyclic) bond motifs is 1. The number of aromatic nitrogens is 3. The fraction of sp³-hybridized carbons (Fsp3) is 0.150. The molecule has 2 N–H and O–H groups in total. The van der Waals surface area contributed by atoms with Gasteiger partial charge in [-0.2, -0.15) is 4.98 Å². The van der Waals surface area contributed by atoms with Crippen LogP contribution in [-0.2, 0) is 12.8 Å². The summed E-state index contributed by atoms with van der Waals surface area (Å²) in [6.45, 7) is 0.358. The molecule has 2 aromatic carbocycles. The SMILES string of the molecule is O=C(NCCc1c[nH]c2ccc(Cl)cc12)c1noc(Cc2cc(F)cc(F)c2)n1. The van der Waals surface area contributed by atoms with Crippen LogP contribution in [0, 0.1) is 11.6 Å². The molecule has 0 aliphatic heterocycles. The zero-order valence-corrected chi connectivity index (χ0v) is 15.8. The van der Waals surface area contributed by atoms with Gasteiger partial charge in [-0.25, -0.2) is 8.78 Å². The Morgan fingerprint density at radius 3 is 2.76 bits per heavy atom. The van der Waals surface area contributed by atoms with Crippen molar-refractivity contribution in [3.63, 3.8) is 0 Å². The molecule has 9 heteroatoms. The minimum Gasteiger partial charge on any atom is -0.361 e. The molecule has 29 heavy (non-hydrogen) atoms. The van der Waals surface area contributed by atoms with E-state index in [-0.39, 0.29) is 18.1 Å². The zero-order chi connectivity index (χ0) is 20.4. The Kier molecular flexibility index (Phi) is 5.26. The molecule has 0 bridgehead atoms. The number of H-pyrrole nitrogens is 1. The number of benzene rings is 2. The molecule has 0 atom stereocenters. The van der Waals surface area contributed by atoms with Gasteiger partial charge in [0.15, 0.2) is 0 Å². The first-order valence-electron chi connectivity index (χ1n) is 8.79. The van der Waals surface area contributed by atoms with E-state index < -0.39 is 17.5 Å². The predicted octanol–water partition coefficient (Wildman–Crippen LogP) is 4.05. The summed E-state index contributed by atoms with van der Waals surface area (Å²) < 4.78 is 31.5. The zero-order valence-electron chi connectivity index (χ0n) is 15.0. The van der Waals surface area contributed by atoms with E-state index in [4.69, 9.17) is 16.1 Å². The second kappa shape index (κ2) is 8.00. The van der Waals surface area contributed by atoms with Crippen molar-refractivity contribution in [3.8, 4) is 0 Å². The molecular formula is C20H15ClF2N4O2. The number of aromatic amines is 1. The lowest BCUT2D eigenvalue weighted by Crippen LogP contribution is -2.26. The summed E-state index contributed by atoms with van der Waals surface area (Å²) in [4.78, 5) is 19.4. The number of carbonyl (C=O) groups is 1. The van der Waals surface area contributed by atoms with Crippen molar-refractivity contribution in [2.75, 3.05) is 6.54 Å². The molecule has 0 radical (unpaired) electrons. The average molecular weight is 417 g/mol. The third kappa shape index (κ3) is 4.43. The fourth-order valence-electron chi connectivity index (χ4n) is 3.05. The normalized spacial score (nSPS) is 11.1. The van der Waals surface area contributed by atoms with Gasteiger partial charge in [0.1, 0.15) is 11.6 Å². The van der Waals surface area contributed by atoms with Crippen molar-refractivity contribution in [2.24, 2.45) is 0 Å². The number of hydrogen-bond donors (Lipinski definition) is 2. The Balaban J connectivity index is 1.36. The molecule has 4 aromatic rings. The van der Waals surface area contributed by atoms with E-state index in [0.29, 0.717) is 23.6 Å². The Morgan fingerprint density at radius 2 is 1.97 bits per heavy atom. The molecule has 0 aliphatic carbocycles. The van der Waals surface area contributed by atoms with Gasteiger partial charge >= 0.3 is 0 Å². The number of hydrogen-bond acceptors (Lipinski definition) is 4. The van der Waals surface area contributed by atoms with Crippen LogP contribution in [0.2, 0.25) is 5.02 Å². The lowest BCUT2D eigenvalue weighted by molar-refractivity contribution is 0.0941. The van der Waals surface area contributed by atoms with Crippen molar-refractivity contribution in [1.29, 1.82) is 0 Å². The molecule has 2 heterocycles. The van der Waals surface area contributed by atoms with Gasteiger partial charge in [0.2, 0.25) is 5.89 Å². The number of halogens is 3. The van der Waals surface area contributed by atoms with E-state index in [1.54, 1.807) is 6.07 Å². The highest BCUT2D eigenvalue weighted by Gasteiger charge is 2.15. The standard InChI is InChI=1S/C20H15ClF2N4O2/c21-13-1-2-17-16(8-13)12(10-25-17)3-4-24-20(28)19-26-18(29-27-19)7-11-5-14(22)9-15(23)6-11/h1-2,5-6,8-10,25H,3-4,7H2,(H,24,28). The highest BCUT2D eigenvalue weighted by atomic mass is 35.5. The summed E-state index contributed by atoms with van der Waals surface area (Å²) in [5, 5.41) is 7.98. The first-order valence-corrected chi connectivity index (χ1v) is 9.17. The molecule has 1 amide bonds. The summed E-state index contributed by atoms with van der Waals surface area (Å²) in [7, 11) is 0. The summed E-state index contributed by atoms with van der Waals surface area (Å²) >= 11 is 6.04. The first-order chi connectivity index (χ1) is 14.0. The quantitative estimate of drug-likeness (QED) is 0.496. The fourth-order valence-corrected chi connectivity index (χ4v) is 3.23. The number of nitrogens with one attached hydrogen (secondary N) is 2. The summed E-state index contributed by atoms with van der Waals surface area (Å²) in [6.07, 6.45) is 2.47. The van der Waals surface area contributed by atoms with E-state index in [0.717, 1.165) is 22.5 Å². The third-order valence-corrected chi connectivity index (χ3v) is 4.59. The van der Waals surface area contributed by atoms with Gasteiger partial charge in [0.25, 0.3) is 11.7 Å². The second-order valence-corrected chi connectivity index (χ2v) is 6.91. The monoisotopic (exact) mass is 416 g/mol. The van der Waals surface area contributed by atoms with Crippen molar-refractivity contribution in [1.82, 2.24) is 20.4 Å². The van der Waals surface area contributed by atoms with Crippen LogP contribution in [-0.4, -0.2) is 27.6 Å². The van der Waals surface area contributed by atoms with Crippen LogP contribution in [0.15, 0.2) is 47.1 Å². The first kappa shape index (κ1) is 19.1. The predicted molar refractivity (Wildman–Crippen MR) is 103 cm³/mol. The molecule has 148 valence electrons. The van der Waals surface area contributed by atoms with Gasteiger partial charge in [0, 0.05) is 34.7 Å². The number of rotatable bonds is 6. The largest absolute Gasteiger partial charge is 0.361 e. The molecule has 6 nitrogen and oxygen atoms in total. The molecule has 0 unspecified atom stereocenters. The number of amides is 1. The Labute approximate surface area is 168 Å². The smallest absolute Gasteiger partial charge is 0.292 e. The highest BCUT2D eigenvalue weighted by molar-refractivity contribution is 6.31. The maximum absolute atomic E-state index is 13.3. The van der Waals surface area contributed by atoms with Crippen molar-refractivity contribution >= 4 is 28.4 Å². The van der Waals surface area contributed by atoms with E-state index in [1.807, 2.05) is 18.3 Å². The molecule has 0 saturated heterocycles. The lowest BCUT2D eigenvalue weighted by atomic mass is 10.1. The van der Waals surface area contributed by atoms with Gasteiger partial charge in [-0.3, -0.25) is 4.79 Å². The Hall–Kier alpha value is -3.26. The van der Waals surface area contributed by atoms with Gasteiger partial charge in [-0.05, 0) is 47.9 Å². The number of carbonyl (C=O) groups excluding carboxylic acids is 1. The van der Waals surface area contributed by atoms with Crippen molar-refractivity contribution in [3.05, 3.63) is 82.1 Å². The van der Waals surface area contributed by atoms with Gasteiger partial charge in [-0.15, -0.1) is 0 Å². The minimum absolute atomic E-state index is 0.0189. The van der Waals surface area contributed by atoms with Crippen LogP contribution in [0.3, 0.4) is 0 Å². The second-order valence-electron chi connectivity index (χ2n) is 6.48. The van der Waals surface area contributed by atoms with Crippen LogP contribution < -0.4 is 5.32 Å². The number of nitrogens with zero attached hydrogens (tertiary/aromatic N) is 2. The summed E-state index contributed by atoms with van der Waals surface area (Å²) in [5.41, 5.74) is 2.31. The maximum atomic E-state index is 13.3. The maximum Gasteiger partial charge on any atom is 0.292 e.